The van der Waals surface area contributed by atoms with Crippen LogP contribution in [-0.4, -0.2) is 9.55 Å². The van der Waals surface area contributed by atoms with E-state index in [9.17, 15) is 4.79 Å². The van der Waals surface area contributed by atoms with Crippen molar-refractivity contribution < 1.29 is 0 Å². The summed E-state index contributed by atoms with van der Waals surface area (Å²) in [4.78, 5) is 18.0. The molecule has 0 saturated heterocycles. The monoisotopic (exact) mass is 436 g/mol. The second-order valence-corrected chi connectivity index (χ2v) is 8.10. The Kier molecular flexibility index (Phi) is 5.14. The zero-order valence-electron chi connectivity index (χ0n) is 14.7. The summed E-state index contributed by atoms with van der Waals surface area (Å²) < 4.78 is 2.68. The van der Waals surface area contributed by atoms with Crippen LogP contribution < -0.4 is 5.56 Å². The number of hydrogen-bond acceptors (Lipinski definition) is 3. The van der Waals surface area contributed by atoms with Crippen molar-refractivity contribution in [3.8, 4) is 5.69 Å². The zero-order valence-corrected chi connectivity index (χ0v) is 17.1. The lowest BCUT2D eigenvalue weighted by atomic mass is 10.1. The molecule has 0 unspecified atom stereocenters. The number of hydrogen-bond donors (Lipinski definition) is 0. The number of halogens is 1. The fraction of sp³-hybridized carbons (Fsp3) is 0.0909. The molecule has 0 aliphatic heterocycles. The summed E-state index contributed by atoms with van der Waals surface area (Å²) in [5.41, 5.74) is 3.97. The van der Waals surface area contributed by atoms with Crippen LogP contribution in [0.15, 0.2) is 87.2 Å². The summed E-state index contributed by atoms with van der Waals surface area (Å²) in [6.45, 7) is 2.10. The number of nitrogens with zero attached hydrogens (tertiary/aromatic N) is 2. The first-order chi connectivity index (χ1) is 13.1. The molecule has 0 saturated carbocycles. The number of para-hydroxylation sites is 1. The third-order valence-electron chi connectivity index (χ3n) is 4.45. The highest BCUT2D eigenvalue weighted by atomic mass is 79.9. The predicted octanol–water partition coefficient (Wildman–Crippen LogP) is 5.75. The smallest absolute Gasteiger partial charge is 0.266 e. The summed E-state index contributed by atoms with van der Waals surface area (Å²) in [6.07, 6.45) is 0. The molecule has 134 valence electrons. The molecule has 3 nitrogen and oxygen atoms in total. The number of rotatable bonds is 4. The molecule has 0 aliphatic carbocycles. The van der Waals surface area contributed by atoms with E-state index in [0.29, 0.717) is 10.5 Å². The Labute approximate surface area is 170 Å². The third-order valence-corrected chi connectivity index (χ3v) is 5.96. The topological polar surface area (TPSA) is 34.9 Å². The Morgan fingerprint density at radius 2 is 1.67 bits per heavy atom. The molecular weight excluding hydrogens is 420 g/mol. The Bertz CT molecular complexity index is 1170. The molecule has 4 rings (SSSR count). The quantitative estimate of drug-likeness (QED) is 0.301. The van der Waals surface area contributed by atoms with E-state index in [4.69, 9.17) is 4.98 Å². The van der Waals surface area contributed by atoms with E-state index in [1.165, 1.54) is 11.1 Å². The first-order valence-corrected chi connectivity index (χ1v) is 10.4. The Balaban J connectivity index is 1.84. The second-order valence-electron chi connectivity index (χ2n) is 6.24. The molecule has 0 fully saturated rings. The number of aromatic nitrogens is 2. The largest absolute Gasteiger partial charge is 0.268 e. The zero-order chi connectivity index (χ0) is 18.8. The normalized spacial score (nSPS) is 11.0. The van der Waals surface area contributed by atoms with Crippen LogP contribution in [0.25, 0.3) is 16.6 Å². The van der Waals surface area contributed by atoms with E-state index in [1.807, 2.05) is 60.7 Å². The van der Waals surface area contributed by atoms with E-state index >= 15 is 0 Å². The van der Waals surface area contributed by atoms with E-state index in [2.05, 4.69) is 35.0 Å². The van der Waals surface area contributed by atoms with E-state index < -0.39 is 0 Å². The fourth-order valence-electron chi connectivity index (χ4n) is 2.94. The summed E-state index contributed by atoms with van der Waals surface area (Å²) in [7, 11) is 0. The highest BCUT2D eigenvalue weighted by Gasteiger charge is 2.13. The average Bonchev–Trinajstić information content (AvgIpc) is 2.69. The van der Waals surface area contributed by atoms with Gasteiger partial charge in [0, 0.05) is 10.2 Å². The molecule has 1 heterocycles. The minimum atomic E-state index is -0.0461. The van der Waals surface area contributed by atoms with Crippen molar-refractivity contribution in [2.24, 2.45) is 0 Å². The van der Waals surface area contributed by atoms with E-state index in [0.717, 1.165) is 21.4 Å². The van der Waals surface area contributed by atoms with Crippen LogP contribution in [0, 0.1) is 6.92 Å². The number of thioether (sulfide) groups is 1. The lowest BCUT2D eigenvalue weighted by molar-refractivity contribution is 0.819. The maximum atomic E-state index is 13.2. The van der Waals surface area contributed by atoms with Gasteiger partial charge in [0.2, 0.25) is 0 Å². The van der Waals surface area contributed by atoms with Crippen molar-refractivity contribution in [2.45, 2.75) is 17.8 Å². The minimum Gasteiger partial charge on any atom is -0.268 e. The van der Waals surface area contributed by atoms with Gasteiger partial charge in [-0.1, -0.05) is 64.1 Å². The molecule has 3 aromatic carbocycles. The minimum absolute atomic E-state index is 0.0461. The molecule has 1 aromatic heterocycles. The molecule has 0 radical (unpaired) electrons. The van der Waals surface area contributed by atoms with Crippen molar-refractivity contribution >= 4 is 38.6 Å². The first kappa shape index (κ1) is 18.0. The predicted molar refractivity (Wildman–Crippen MR) is 116 cm³/mol. The maximum Gasteiger partial charge on any atom is 0.266 e. The maximum absolute atomic E-state index is 13.2. The van der Waals surface area contributed by atoms with Crippen LogP contribution in [0.1, 0.15) is 11.1 Å². The molecule has 4 aromatic rings. The summed E-state index contributed by atoms with van der Waals surface area (Å²) >= 11 is 5.04. The Morgan fingerprint density at radius 3 is 2.44 bits per heavy atom. The molecule has 0 amide bonds. The summed E-state index contributed by atoms with van der Waals surface area (Å²) in [5.74, 6) is 0.758. The van der Waals surface area contributed by atoms with Gasteiger partial charge in [-0.25, -0.2) is 4.98 Å². The molecule has 0 N–H and O–H groups in total. The molecule has 27 heavy (non-hydrogen) atoms. The van der Waals surface area contributed by atoms with Gasteiger partial charge in [-0.15, -0.1) is 0 Å². The standard InChI is InChI=1S/C22H17BrN2OS/c1-15-6-2-3-7-16(15)14-27-22-24-20-9-5-4-8-19(20)21(26)25(22)18-12-10-17(23)11-13-18/h2-13H,14H2,1H3. The van der Waals surface area contributed by atoms with Gasteiger partial charge in [-0.2, -0.15) is 0 Å². The van der Waals surface area contributed by atoms with Crippen molar-refractivity contribution in [3.63, 3.8) is 0 Å². The van der Waals surface area contributed by atoms with Gasteiger partial charge in [0.1, 0.15) is 0 Å². The second kappa shape index (κ2) is 7.71. The van der Waals surface area contributed by atoms with Crippen LogP contribution in [0.3, 0.4) is 0 Å². The van der Waals surface area contributed by atoms with Gasteiger partial charge < -0.3 is 0 Å². The molecule has 0 bridgehead atoms. The first-order valence-electron chi connectivity index (χ1n) is 8.58. The highest BCUT2D eigenvalue weighted by molar-refractivity contribution is 9.10. The number of aryl methyl sites for hydroxylation is 1. The van der Waals surface area contributed by atoms with Gasteiger partial charge in [-0.05, 0) is 54.4 Å². The van der Waals surface area contributed by atoms with Crippen molar-refractivity contribution in [1.82, 2.24) is 9.55 Å². The lowest BCUT2D eigenvalue weighted by Gasteiger charge is -2.14. The van der Waals surface area contributed by atoms with Gasteiger partial charge in [0.15, 0.2) is 5.16 Å². The van der Waals surface area contributed by atoms with Crippen molar-refractivity contribution in [1.29, 1.82) is 0 Å². The average molecular weight is 437 g/mol. The van der Waals surface area contributed by atoms with Gasteiger partial charge in [0.25, 0.3) is 5.56 Å². The van der Waals surface area contributed by atoms with E-state index in [-0.39, 0.29) is 5.56 Å². The van der Waals surface area contributed by atoms with Crippen molar-refractivity contribution in [3.05, 3.63) is 98.7 Å². The molecule has 0 spiro atoms. The van der Waals surface area contributed by atoms with Gasteiger partial charge in [0.05, 0.1) is 16.6 Å². The van der Waals surface area contributed by atoms with E-state index in [1.54, 1.807) is 16.3 Å². The Morgan fingerprint density at radius 1 is 0.963 bits per heavy atom. The number of fused-ring (bicyclic) bond motifs is 1. The SMILES string of the molecule is Cc1ccccc1CSc1nc2ccccc2c(=O)n1-c1ccc(Br)cc1. The molecule has 5 heteroatoms. The highest BCUT2D eigenvalue weighted by Crippen LogP contribution is 2.26. The number of benzene rings is 3. The third kappa shape index (κ3) is 3.70. The van der Waals surface area contributed by atoms with Crippen molar-refractivity contribution in [2.75, 3.05) is 0 Å². The lowest BCUT2D eigenvalue weighted by Crippen LogP contribution is -2.21. The Hall–Kier alpha value is -2.37. The summed E-state index contributed by atoms with van der Waals surface area (Å²) in [6, 6.07) is 23.5. The molecular formula is C22H17BrN2OS. The summed E-state index contributed by atoms with van der Waals surface area (Å²) in [5, 5.41) is 1.32. The van der Waals surface area contributed by atoms with Crippen LogP contribution in [0.5, 0.6) is 0 Å². The van der Waals surface area contributed by atoms with Crippen LogP contribution in [0.2, 0.25) is 0 Å². The van der Waals surface area contributed by atoms with Gasteiger partial charge >= 0.3 is 0 Å². The van der Waals surface area contributed by atoms with Crippen LogP contribution in [-0.2, 0) is 5.75 Å². The fourth-order valence-corrected chi connectivity index (χ4v) is 4.29. The molecule has 0 atom stereocenters. The van der Waals surface area contributed by atoms with Crippen LogP contribution >= 0.6 is 27.7 Å². The van der Waals surface area contributed by atoms with Gasteiger partial charge in [-0.3, -0.25) is 9.36 Å². The molecule has 0 aliphatic rings. The van der Waals surface area contributed by atoms with Crippen LogP contribution in [0.4, 0.5) is 0 Å².